The number of hydrogen-bond donors (Lipinski definition) is 0. The fourth-order valence-corrected chi connectivity index (χ4v) is 2.61. The Hall–Kier alpha value is -0.0800. The molecule has 0 aromatic carbocycles. The molecule has 1 atom stereocenters. The Balaban J connectivity index is 2.07. The van der Waals surface area contributed by atoms with Gasteiger partial charge >= 0.3 is 0 Å². The maximum Gasteiger partial charge on any atom is 0.0478 e. The summed E-state index contributed by atoms with van der Waals surface area (Å²) in [5.74, 6) is 1.90. The average Bonchev–Trinajstić information content (AvgIpc) is 2.34. The van der Waals surface area contributed by atoms with Crippen LogP contribution in [0.15, 0.2) is 0 Å². The molecule has 0 amide bonds. The van der Waals surface area contributed by atoms with E-state index < -0.39 is 0 Å². The van der Waals surface area contributed by atoms with Gasteiger partial charge in [0, 0.05) is 19.8 Å². The van der Waals surface area contributed by atoms with E-state index in [1.54, 1.807) is 0 Å². The SMILES string of the molecule is CCOCCCN1CCC(C(C)CC)CC1. The molecule has 0 saturated carbocycles. The van der Waals surface area contributed by atoms with Crippen LogP contribution in [-0.2, 0) is 4.74 Å². The van der Waals surface area contributed by atoms with Crippen molar-refractivity contribution in [2.45, 2.75) is 46.5 Å². The van der Waals surface area contributed by atoms with E-state index in [4.69, 9.17) is 4.74 Å². The highest BCUT2D eigenvalue weighted by Gasteiger charge is 2.22. The van der Waals surface area contributed by atoms with Gasteiger partial charge in [-0.2, -0.15) is 0 Å². The maximum absolute atomic E-state index is 5.37. The van der Waals surface area contributed by atoms with Crippen LogP contribution in [-0.4, -0.2) is 37.7 Å². The van der Waals surface area contributed by atoms with Crippen LogP contribution in [0.5, 0.6) is 0 Å². The van der Waals surface area contributed by atoms with Crippen molar-refractivity contribution in [1.29, 1.82) is 0 Å². The molecule has 2 heteroatoms. The van der Waals surface area contributed by atoms with E-state index in [1.165, 1.54) is 45.3 Å². The van der Waals surface area contributed by atoms with Gasteiger partial charge in [0.05, 0.1) is 0 Å². The summed E-state index contributed by atoms with van der Waals surface area (Å²) in [5.41, 5.74) is 0. The molecule has 1 aliphatic heterocycles. The van der Waals surface area contributed by atoms with E-state index in [-0.39, 0.29) is 0 Å². The lowest BCUT2D eigenvalue weighted by Gasteiger charge is -2.34. The number of ether oxygens (including phenoxy) is 1. The van der Waals surface area contributed by atoms with Crippen LogP contribution in [0.1, 0.15) is 46.5 Å². The van der Waals surface area contributed by atoms with Gasteiger partial charge in [0.15, 0.2) is 0 Å². The van der Waals surface area contributed by atoms with Crippen LogP contribution < -0.4 is 0 Å². The molecule has 0 bridgehead atoms. The molecule has 0 N–H and O–H groups in total. The molecule has 0 aromatic heterocycles. The molecule has 1 unspecified atom stereocenters. The summed E-state index contributed by atoms with van der Waals surface area (Å²) >= 11 is 0. The van der Waals surface area contributed by atoms with Gasteiger partial charge in [-0.05, 0) is 51.1 Å². The molecule has 0 radical (unpaired) electrons. The quantitative estimate of drug-likeness (QED) is 0.619. The fourth-order valence-electron chi connectivity index (χ4n) is 2.61. The Morgan fingerprint density at radius 1 is 1.25 bits per heavy atom. The monoisotopic (exact) mass is 227 g/mol. The highest BCUT2D eigenvalue weighted by atomic mass is 16.5. The third kappa shape index (κ3) is 4.84. The van der Waals surface area contributed by atoms with Crippen molar-refractivity contribution in [3.05, 3.63) is 0 Å². The van der Waals surface area contributed by atoms with Gasteiger partial charge in [-0.1, -0.05) is 20.3 Å². The second-order valence-electron chi connectivity index (χ2n) is 5.12. The minimum absolute atomic E-state index is 0.857. The minimum Gasteiger partial charge on any atom is -0.382 e. The van der Waals surface area contributed by atoms with Crippen LogP contribution in [0.2, 0.25) is 0 Å². The molecule has 16 heavy (non-hydrogen) atoms. The fraction of sp³-hybridized carbons (Fsp3) is 1.00. The van der Waals surface area contributed by atoms with Gasteiger partial charge in [-0.15, -0.1) is 0 Å². The molecular formula is C14H29NO. The third-order valence-corrected chi connectivity index (χ3v) is 4.05. The van der Waals surface area contributed by atoms with E-state index >= 15 is 0 Å². The molecule has 0 aromatic rings. The summed E-state index contributed by atoms with van der Waals surface area (Å²) in [5, 5.41) is 0. The molecule has 1 fully saturated rings. The van der Waals surface area contributed by atoms with E-state index in [0.29, 0.717) is 0 Å². The molecule has 0 spiro atoms. The number of piperidine rings is 1. The topological polar surface area (TPSA) is 12.5 Å². The van der Waals surface area contributed by atoms with Gasteiger partial charge in [-0.25, -0.2) is 0 Å². The molecule has 1 rings (SSSR count). The summed E-state index contributed by atoms with van der Waals surface area (Å²) < 4.78 is 5.37. The average molecular weight is 227 g/mol. The molecule has 1 saturated heterocycles. The highest BCUT2D eigenvalue weighted by Crippen LogP contribution is 2.26. The zero-order valence-corrected chi connectivity index (χ0v) is 11.4. The zero-order chi connectivity index (χ0) is 11.8. The van der Waals surface area contributed by atoms with Crippen molar-refractivity contribution < 1.29 is 4.74 Å². The van der Waals surface area contributed by atoms with Gasteiger partial charge in [0.25, 0.3) is 0 Å². The van der Waals surface area contributed by atoms with E-state index in [2.05, 4.69) is 25.7 Å². The summed E-state index contributed by atoms with van der Waals surface area (Å²) in [7, 11) is 0. The summed E-state index contributed by atoms with van der Waals surface area (Å²) in [6, 6.07) is 0. The number of hydrogen-bond acceptors (Lipinski definition) is 2. The summed E-state index contributed by atoms with van der Waals surface area (Å²) in [4.78, 5) is 2.61. The molecule has 1 heterocycles. The maximum atomic E-state index is 5.37. The van der Waals surface area contributed by atoms with Crippen molar-refractivity contribution >= 4 is 0 Å². The van der Waals surface area contributed by atoms with Crippen molar-refractivity contribution in [3.63, 3.8) is 0 Å². The van der Waals surface area contributed by atoms with Gasteiger partial charge in [0.2, 0.25) is 0 Å². The Morgan fingerprint density at radius 2 is 1.94 bits per heavy atom. The number of likely N-dealkylation sites (tertiary alicyclic amines) is 1. The smallest absolute Gasteiger partial charge is 0.0478 e. The Labute approximate surface area is 101 Å². The number of nitrogens with zero attached hydrogens (tertiary/aromatic N) is 1. The van der Waals surface area contributed by atoms with E-state index in [0.717, 1.165) is 25.0 Å². The number of rotatable bonds is 7. The van der Waals surface area contributed by atoms with Crippen molar-refractivity contribution in [3.8, 4) is 0 Å². The summed E-state index contributed by atoms with van der Waals surface area (Å²) in [6.45, 7) is 12.4. The second-order valence-corrected chi connectivity index (χ2v) is 5.12. The molecule has 1 aliphatic rings. The predicted octanol–water partition coefficient (Wildman–Crippen LogP) is 3.17. The van der Waals surface area contributed by atoms with Crippen LogP contribution in [0.3, 0.4) is 0 Å². The van der Waals surface area contributed by atoms with E-state index in [1.807, 2.05) is 0 Å². The van der Waals surface area contributed by atoms with E-state index in [9.17, 15) is 0 Å². The van der Waals surface area contributed by atoms with Gasteiger partial charge in [-0.3, -0.25) is 0 Å². The lowest BCUT2D eigenvalue weighted by Crippen LogP contribution is -2.36. The van der Waals surface area contributed by atoms with Gasteiger partial charge < -0.3 is 9.64 Å². The van der Waals surface area contributed by atoms with Crippen LogP contribution in [0.25, 0.3) is 0 Å². The Bertz CT molecular complexity index is 164. The van der Waals surface area contributed by atoms with Crippen LogP contribution in [0, 0.1) is 11.8 Å². The molecule has 0 aliphatic carbocycles. The van der Waals surface area contributed by atoms with Crippen LogP contribution in [0.4, 0.5) is 0 Å². The first-order chi connectivity index (χ1) is 7.77. The zero-order valence-electron chi connectivity index (χ0n) is 11.4. The van der Waals surface area contributed by atoms with Crippen LogP contribution >= 0.6 is 0 Å². The largest absolute Gasteiger partial charge is 0.382 e. The normalized spacial score (nSPS) is 21.2. The minimum atomic E-state index is 0.857. The van der Waals surface area contributed by atoms with Crippen molar-refractivity contribution in [2.24, 2.45) is 11.8 Å². The lowest BCUT2D eigenvalue weighted by atomic mass is 9.84. The third-order valence-electron chi connectivity index (χ3n) is 4.05. The first-order valence-corrected chi connectivity index (χ1v) is 7.08. The molecule has 2 nitrogen and oxygen atoms in total. The molecular weight excluding hydrogens is 198 g/mol. The Morgan fingerprint density at radius 3 is 2.50 bits per heavy atom. The Kier molecular flexibility index (Phi) is 7.06. The first-order valence-electron chi connectivity index (χ1n) is 7.08. The second kappa shape index (κ2) is 8.08. The molecule has 96 valence electrons. The summed E-state index contributed by atoms with van der Waals surface area (Å²) in [6.07, 6.45) is 5.35. The lowest BCUT2D eigenvalue weighted by molar-refractivity contribution is 0.112. The van der Waals surface area contributed by atoms with Crippen molar-refractivity contribution in [2.75, 3.05) is 32.8 Å². The van der Waals surface area contributed by atoms with Crippen molar-refractivity contribution in [1.82, 2.24) is 4.90 Å². The first kappa shape index (κ1) is 14.0. The predicted molar refractivity (Wildman–Crippen MR) is 69.7 cm³/mol. The standard InChI is InChI=1S/C14H29NO/c1-4-13(3)14-7-10-15(11-8-14)9-6-12-16-5-2/h13-14H,4-12H2,1-3H3. The van der Waals surface area contributed by atoms with Gasteiger partial charge in [0.1, 0.15) is 0 Å². The highest BCUT2D eigenvalue weighted by molar-refractivity contribution is 4.75.